The molecule has 14 heavy (non-hydrogen) atoms. The van der Waals surface area contributed by atoms with Crippen LogP contribution in [-0.2, 0) is 4.79 Å². The van der Waals surface area contributed by atoms with Gasteiger partial charge >= 0.3 is 96.5 Å². The molecule has 0 aromatic heterocycles. The summed E-state index contributed by atoms with van der Waals surface area (Å²) in [5, 5.41) is 0. The van der Waals surface area contributed by atoms with E-state index in [1.807, 2.05) is 0 Å². The molecule has 0 aliphatic rings. The molecule has 0 amide bonds. The summed E-state index contributed by atoms with van der Waals surface area (Å²) in [5.41, 5.74) is 1.18. The van der Waals surface area contributed by atoms with Crippen molar-refractivity contribution in [1.29, 1.82) is 0 Å². The monoisotopic (exact) mass is 299 g/mol. The molecule has 0 aromatic rings. The summed E-state index contributed by atoms with van der Waals surface area (Å²) >= 11 is -1.52. The number of hydrogen-bond donors (Lipinski definition) is 0. The van der Waals surface area contributed by atoms with Crippen molar-refractivity contribution in [2.24, 2.45) is 0 Å². The van der Waals surface area contributed by atoms with E-state index in [4.69, 9.17) is 0 Å². The van der Waals surface area contributed by atoms with Gasteiger partial charge < -0.3 is 0 Å². The first kappa shape index (κ1) is 14.1. The van der Waals surface area contributed by atoms with Gasteiger partial charge in [-0.2, -0.15) is 0 Å². The second kappa shape index (κ2) is 7.38. The Morgan fingerprint density at radius 1 is 1.21 bits per heavy atom. The molecular formula is C11H22InNO. The molecule has 0 saturated carbocycles. The predicted octanol–water partition coefficient (Wildman–Crippen LogP) is 2.83. The Morgan fingerprint density at radius 3 is 2.00 bits per heavy atom. The summed E-state index contributed by atoms with van der Waals surface area (Å²) in [6.07, 6.45) is 1.78. The van der Waals surface area contributed by atoms with E-state index in [1.54, 1.807) is 13.0 Å². The Morgan fingerprint density at radius 2 is 1.71 bits per heavy atom. The van der Waals surface area contributed by atoms with Gasteiger partial charge in [0.1, 0.15) is 0 Å². The summed E-state index contributed by atoms with van der Waals surface area (Å²) in [6, 6.07) is 0. The van der Waals surface area contributed by atoms with Gasteiger partial charge in [-0.3, -0.25) is 0 Å². The molecule has 0 heterocycles. The second-order valence-electron chi connectivity index (χ2n) is 3.65. The second-order valence-corrected chi connectivity index (χ2v) is 13.8. The van der Waals surface area contributed by atoms with Crippen LogP contribution < -0.4 is 0 Å². The van der Waals surface area contributed by atoms with E-state index in [2.05, 4.69) is 30.6 Å². The SMILES string of the molecule is CC[N](/C(C)=C\C(C)=O)[In]([CH2]C)[CH2]C. The van der Waals surface area contributed by atoms with Crippen molar-refractivity contribution in [3.63, 3.8) is 0 Å². The van der Waals surface area contributed by atoms with E-state index in [0.717, 1.165) is 6.54 Å². The van der Waals surface area contributed by atoms with Crippen LogP contribution in [0.25, 0.3) is 0 Å². The fourth-order valence-corrected chi connectivity index (χ4v) is 9.40. The molecule has 0 atom stereocenters. The van der Waals surface area contributed by atoms with Crippen LogP contribution in [0.5, 0.6) is 0 Å². The summed E-state index contributed by atoms with van der Waals surface area (Å²) in [5.74, 6) is 0.165. The molecule has 3 heteroatoms. The number of hydrogen-bond acceptors (Lipinski definition) is 2. The Bertz CT molecular complexity index is 209. The molecule has 0 rings (SSSR count). The predicted molar refractivity (Wildman–Crippen MR) is 63.5 cm³/mol. The first-order valence-electron chi connectivity index (χ1n) is 5.52. The average molecular weight is 299 g/mol. The zero-order valence-electron chi connectivity index (χ0n) is 10.1. The van der Waals surface area contributed by atoms with Gasteiger partial charge in [0, 0.05) is 0 Å². The van der Waals surface area contributed by atoms with Crippen LogP contribution in [0.2, 0.25) is 8.35 Å². The van der Waals surface area contributed by atoms with Crippen molar-refractivity contribution in [1.82, 2.24) is 2.89 Å². The van der Waals surface area contributed by atoms with Crippen molar-refractivity contribution < 1.29 is 4.79 Å². The van der Waals surface area contributed by atoms with Gasteiger partial charge in [-0.25, -0.2) is 0 Å². The summed E-state index contributed by atoms with van der Waals surface area (Å²) in [4.78, 5) is 11.0. The molecule has 0 aliphatic heterocycles. The molecule has 0 saturated heterocycles. The van der Waals surface area contributed by atoms with Crippen molar-refractivity contribution in [3.8, 4) is 0 Å². The van der Waals surface area contributed by atoms with Crippen molar-refractivity contribution in [2.75, 3.05) is 6.54 Å². The van der Waals surface area contributed by atoms with Gasteiger partial charge in [0.2, 0.25) is 0 Å². The fourth-order valence-electron chi connectivity index (χ4n) is 1.90. The number of rotatable bonds is 6. The Hall–Kier alpha value is 0.0801. The minimum atomic E-state index is -1.52. The molecule has 0 aliphatic carbocycles. The first-order valence-corrected chi connectivity index (χ1v) is 11.7. The van der Waals surface area contributed by atoms with Gasteiger partial charge in [-0.1, -0.05) is 0 Å². The number of allylic oxidation sites excluding steroid dienone is 2. The van der Waals surface area contributed by atoms with E-state index < -0.39 is 21.7 Å². The average Bonchev–Trinajstić information content (AvgIpc) is 2.12. The van der Waals surface area contributed by atoms with Gasteiger partial charge in [0.15, 0.2) is 0 Å². The zero-order valence-corrected chi connectivity index (χ0v) is 13.4. The Balaban J connectivity index is 4.61. The molecule has 0 spiro atoms. The quantitative estimate of drug-likeness (QED) is 0.703. The summed E-state index contributed by atoms with van der Waals surface area (Å²) < 4.78 is 5.20. The molecule has 2 nitrogen and oxygen atoms in total. The molecule has 0 unspecified atom stereocenters. The third kappa shape index (κ3) is 4.54. The summed E-state index contributed by atoms with van der Waals surface area (Å²) in [7, 11) is 0. The maximum absolute atomic E-state index is 11.0. The van der Waals surface area contributed by atoms with Crippen molar-refractivity contribution >= 4 is 27.5 Å². The van der Waals surface area contributed by atoms with Crippen molar-refractivity contribution in [3.05, 3.63) is 11.8 Å². The fraction of sp³-hybridized carbons (Fsp3) is 0.727. The van der Waals surface area contributed by atoms with E-state index in [0.29, 0.717) is 0 Å². The van der Waals surface area contributed by atoms with Crippen LogP contribution in [0, 0.1) is 0 Å². The number of carbonyl (C=O) groups excluding carboxylic acids is 1. The van der Waals surface area contributed by atoms with Crippen LogP contribution in [0.4, 0.5) is 0 Å². The van der Waals surface area contributed by atoms with Gasteiger partial charge in [-0.05, 0) is 0 Å². The number of nitrogens with zero attached hydrogens (tertiary/aromatic N) is 1. The normalized spacial score (nSPS) is 11.4. The van der Waals surface area contributed by atoms with E-state index in [9.17, 15) is 4.79 Å². The van der Waals surface area contributed by atoms with E-state index >= 15 is 0 Å². The minimum absolute atomic E-state index is 0.165. The molecule has 0 bridgehead atoms. The third-order valence-corrected chi connectivity index (χ3v) is 12.7. The Kier molecular flexibility index (Phi) is 7.42. The first-order chi connectivity index (χ1) is 6.56. The van der Waals surface area contributed by atoms with Crippen LogP contribution >= 0.6 is 0 Å². The Labute approximate surface area is 96.3 Å². The standard InChI is InChI=1S/C7H13NO.2C2H5.In/c1-4-8-6(2)5-7(3)9;2*1-2;/h5H,4H2,1-3H3,(H,8,9);2*1H2,2H3;/q;;;+1/p-1. The van der Waals surface area contributed by atoms with Crippen LogP contribution in [-0.4, -0.2) is 36.9 Å². The van der Waals surface area contributed by atoms with Crippen molar-refractivity contribution in [2.45, 2.75) is 43.0 Å². The van der Waals surface area contributed by atoms with Crippen LogP contribution in [0.3, 0.4) is 0 Å². The number of carbonyl (C=O) groups is 1. The van der Waals surface area contributed by atoms with Crippen LogP contribution in [0.1, 0.15) is 34.6 Å². The third-order valence-electron chi connectivity index (χ3n) is 2.59. The molecule has 80 valence electrons. The topological polar surface area (TPSA) is 20.3 Å². The van der Waals surface area contributed by atoms with E-state index in [-0.39, 0.29) is 5.78 Å². The molecule has 0 aromatic carbocycles. The molecular weight excluding hydrogens is 277 g/mol. The van der Waals surface area contributed by atoms with Gasteiger partial charge in [0.05, 0.1) is 0 Å². The number of ketones is 1. The van der Waals surface area contributed by atoms with Gasteiger partial charge in [0.25, 0.3) is 0 Å². The zero-order chi connectivity index (χ0) is 11.1. The van der Waals surface area contributed by atoms with Gasteiger partial charge in [-0.15, -0.1) is 0 Å². The maximum atomic E-state index is 11.0. The van der Waals surface area contributed by atoms with Crippen LogP contribution in [0.15, 0.2) is 11.8 Å². The van der Waals surface area contributed by atoms with E-state index in [1.165, 1.54) is 14.1 Å². The molecule has 0 N–H and O–H groups in total. The summed E-state index contributed by atoms with van der Waals surface area (Å²) in [6.45, 7) is 11.5. The molecule has 0 radical (unpaired) electrons. The molecule has 0 fully saturated rings.